The summed E-state index contributed by atoms with van der Waals surface area (Å²) in [5, 5.41) is 2.59. The molecule has 2 aromatic rings. The van der Waals surface area contributed by atoms with Crippen molar-refractivity contribution in [2.24, 2.45) is 0 Å². The zero-order valence-electron chi connectivity index (χ0n) is 11.4. The van der Waals surface area contributed by atoms with Crippen molar-refractivity contribution in [1.29, 1.82) is 0 Å². The van der Waals surface area contributed by atoms with Gasteiger partial charge in [0.25, 0.3) is 0 Å². The van der Waals surface area contributed by atoms with Crippen LogP contribution in [0.5, 0.6) is 5.75 Å². The summed E-state index contributed by atoms with van der Waals surface area (Å²) in [4.78, 5) is 4.52. The van der Waals surface area contributed by atoms with Crippen molar-refractivity contribution >= 4 is 33.5 Å². The zero-order valence-corrected chi connectivity index (χ0v) is 12.1. The highest BCUT2D eigenvalue weighted by molar-refractivity contribution is 6.36. The van der Waals surface area contributed by atoms with Crippen LogP contribution in [0.15, 0.2) is 46.9 Å². The zero-order chi connectivity index (χ0) is 14.4. The summed E-state index contributed by atoms with van der Waals surface area (Å²) in [6.07, 6.45) is 0. The van der Waals surface area contributed by atoms with E-state index in [2.05, 4.69) is 11.1 Å². The van der Waals surface area contributed by atoms with E-state index >= 15 is 0 Å². The number of hydrogen-bond acceptors (Lipinski definition) is 3. The quantitative estimate of drug-likeness (QED) is 0.514. The van der Waals surface area contributed by atoms with E-state index in [0.717, 1.165) is 27.6 Å². The maximum absolute atomic E-state index is 6.30. The molecule has 21 heavy (non-hydrogen) atoms. The SMILES string of the molecule is CCOc1cccc2cc3c4c(Cl)cccc4nc-3oc12. The second-order valence-corrected chi connectivity index (χ2v) is 5.23. The van der Waals surface area contributed by atoms with Gasteiger partial charge < -0.3 is 9.15 Å². The Morgan fingerprint density at radius 1 is 1.19 bits per heavy atom. The fourth-order valence-corrected chi connectivity index (χ4v) is 2.91. The third kappa shape index (κ3) is 1.85. The molecule has 3 nitrogen and oxygen atoms in total. The highest BCUT2D eigenvalue weighted by Gasteiger charge is 2.19. The fourth-order valence-electron chi connectivity index (χ4n) is 2.64. The molecule has 2 aliphatic heterocycles. The van der Waals surface area contributed by atoms with E-state index in [9.17, 15) is 0 Å². The number of hydrogen-bond donors (Lipinski definition) is 0. The van der Waals surface area contributed by atoms with Crippen LogP contribution >= 0.6 is 11.6 Å². The molecule has 0 N–H and O–H groups in total. The van der Waals surface area contributed by atoms with Crippen molar-refractivity contribution in [3.63, 3.8) is 0 Å². The summed E-state index contributed by atoms with van der Waals surface area (Å²) in [6.45, 7) is 2.54. The first kappa shape index (κ1) is 12.5. The summed E-state index contributed by atoms with van der Waals surface area (Å²) < 4.78 is 11.6. The van der Waals surface area contributed by atoms with Gasteiger partial charge >= 0.3 is 0 Å². The van der Waals surface area contributed by atoms with Crippen LogP contribution in [0.25, 0.3) is 33.3 Å². The van der Waals surface area contributed by atoms with E-state index < -0.39 is 0 Å². The average Bonchev–Trinajstić information content (AvgIpc) is 2.84. The van der Waals surface area contributed by atoms with Crippen LogP contribution in [-0.2, 0) is 0 Å². The van der Waals surface area contributed by atoms with Gasteiger partial charge in [0.1, 0.15) is 0 Å². The molecular weight excluding hydrogens is 286 g/mol. The number of aromatic nitrogens is 1. The standard InChI is InChI=1S/C17H12ClNO2/c1-2-20-14-8-3-5-10-9-11-15-12(18)6-4-7-13(15)19-17(11)21-16(10)14/h3-9H,2H2,1H3. The van der Waals surface area contributed by atoms with E-state index in [-0.39, 0.29) is 0 Å². The molecular formula is C17H12ClNO2. The van der Waals surface area contributed by atoms with E-state index in [4.69, 9.17) is 20.8 Å². The Bertz CT molecular complexity index is 929. The van der Waals surface area contributed by atoms with E-state index in [1.807, 2.05) is 43.3 Å². The molecule has 0 saturated carbocycles. The molecule has 0 aliphatic carbocycles. The van der Waals surface area contributed by atoms with Crippen molar-refractivity contribution in [2.75, 3.05) is 6.61 Å². The molecule has 104 valence electrons. The molecule has 4 rings (SSSR count). The van der Waals surface area contributed by atoms with Gasteiger partial charge in [-0.1, -0.05) is 29.8 Å². The molecule has 0 radical (unpaired) electrons. The van der Waals surface area contributed by atoms with Gasteiger partial charge in [0.15, 0.2) is 11.3 Å². The lowest BCUT2D eigenvalue weighted by atomic mass is 10.1. The third-order valence-corrected chi connectivity index (χ3v) is 3.84. The number of halogens is 1. The Hall–Kier alpha value is -2.26. The van der Waals surface area contributed by atoms with E-state index in [0.29, 0.717) is 23.1 Å². The fraction of sp³-hybridized carbons (Fsp3) is 0.118. The third-order valence-electron chi connectivity index (χ3n) is 3.52. The normalized spacial score (nSPS) is 11.5. The number of nitrogens with zero attached hydrogens (tertiary/aromatic N) is 1. The summed E-state index contributed by atoms with van der Waals surface area (Å²) in [7, 11) is 0. The predicted molar refractivity (Wildman–Crippen MR) is 84.3 cm³/mol. The van der Waals surface area contributed by atoms with Crippen LogP contribution in [0.2, 0.25) is 5.02 Å². The maximum Gasteiger partial charge on any atom is 0.228 e. The Balaban J connectivity index is 2.12. The van der Waals surface area contributed by atoms with Crippen LogP contribution in [0.1, 0.15) is 6.92 Å². The Kier molecular flexibility index (Phi) is 2.76. The first-order valence-electron chi connectivity index (χ1n) is 6.81. The topological polar surface area (TPSA) is 35.3 Å². The molecule has 2 heterocycles. The molecule has 0 spiro atoms. The lowest BCUT2D eigenvalue weighted by Crippen LogP contribution is -1.92. The molecule has 2 aromatic carbocycles. The van der Waals surface area contributed by atoms with Crippen molar-refractivity contribution in [3.05, 3.63) is 47.5 Å². The Labute approximate surface area is 126 Å². The van der Waals surface area contributed by atoms with Gasteiger partial charge in [-0.15, -0.1) is 0 Å². The maximum atomic E-state index is 6.30. The van der Waals surface area contributed by atoms with Gasteiger partial charge in [0, 0.05) is 16.3 Å². The number of fused-ring (bicyclic) bond motifs is 4. The van der Waals surface area contributed by atoms with Gasteiger partial charge in [-0.3, -0.25) is 0 Å². The van der Waals surface area contributed by atoms with Crippen molar-refractivity contribution < 1.29 is 9.15 Å². The van der Waals surface area contributed by atoms with Gasteiger partial charge in [-0.05, 0) is 31.2 Å². The summed E-state index contributed by atoms with van der Waals surface area (Å²) in [6, 6.07) is 13.6. The van der Waals surface area contributed by atoms with Crippen LogP contribution in [0.4, 0.5) is 0 Å². The summed E-state index contributed by atoms with van der Waals surface area (Å²) in [5.41, 5.74) is 2.48. The molecule has 0 amide bonds. The first-order chi connectivity index (χ1) is 10.3. The highest BCUT2D eigenvalue weighted by atomic mass is 35.5. The minimum Gasteiger partial charge on any atom is -0.490 e. The van der Waals surface area contributed by atoms with E-state index in [1.165, 1.54) is 0 Å². The Morgan fingerprint density at radius 2 is 2.05 bits per heavy atom. The number of rotatable bonds is 2. The second-order valence-electron chi connectivity index (χ2n) is 4.82. The van der Waals surface area contributed by atoms with Gasteiger partial charge in [0.05, 0.1) is 17.1 Å². The van der Waals surface area contributed by atoms with Crippen molar-refractivity contribution in [3.8, 4) is 17.2 Å². The van der Waals surface area contributed by atoms with Crippen LogP contribution in [0, 0.1) is 0 Å². The molecule has 0 unspecified atom stereocenters. The summed E-state index contributed by atoms with van der Waals surface area (Å²) in [5.74, 6) is 1.31. The number of ether oxygens (including phenoxy) is 1. The second kappa shape index (κ2) is 4.64. The molecule has 0 atom stereocenters. The lowest BCUT2D eigenvalue weighted by Gasteiger charge is -2.08. The minimum atomic E-state index is 0.581. The smallest absolute Gasteiger partial charge is 0.228 e. The molecule has 0 aromatic heterocycles. The minimum absolute atomic E-state index is 0.581. The van der Waals surface area contributed by atoms with Crippen LogP contribution in [-0.4, -0.2) is 11.6 Å². The van der Waals surface area contributed by atoms with Crippen LogP contribution < -0.4 is 4.74 Å². The van der Waals surface area contributed by atoms with E-state index in [1.54, 1.807) is 0 Å². The molecule has 4 heteroatoms. The number of benzene rings is 2. The molecule has 0 saturated heterocycles. The average molecular weight is 298 g/mol. The highest BCUT2D eigenvalue weighted by Crippen LogP contribution is 2.39. The molecule has 0 fully saturated rings. The molecule has 2 aliphatic rings. The molecule has 0 bridgehead atoms. The first-order valence-corrected chi connectivity index (χ1v) is 7.19. The lowest BCUT2D eigenvalue weighted by molar-refractivity contribution is 0.338. The Morgan fingerprint density at radius 3 is 2.90 bits per heavy atom. The predicted octanol–water partition coefficient (Wildman–Crippen LogP) is 5.14. The van der Waals surface area contributed by atoms with Crippen molar-refractivity contribution in [2.45, 2.75) is 6.92 Å². The monoisotopic (exact) mass is 297 g/mol. The van der Waals surface area contributed by atoms with Crippen LogP contribution in [0.3, 0.4) is 0 Å². The van der Waals surface area contributed by atoms with Gasteiger partial charge in [-0.2, -0.15) is 0 Å². The largest absolute Gasteiger partial charge is 0.490 e. The van der Waals surface area contributed by atoms with Gasteiger partial charge in [-0.25, -0.2) is 4.98 Å². The van der Waals surface area contributed by atoms with Gasteiger partial charge in [0.2, 0.25) is 5.89 Å². The van der Waals surface area contributed by atoms with Crippen molar-refractivity contribution in [1.82, 2.24) is 4.98 Å². The summed E-state index contributed by atoms with van der Waals surface area (Å²) >= 11 is 6.30. The number of para-hydroxylation sites is 1.